The van der Waals surface area contributed by atoms with Gasteiger partial charge in [-0.15, -0.1) is 0 Å². The molecule has 102 valence electrons. The summed E-state index contributed by atoms with van der Waals surface area (Å²) in [7, 11) is 1.65. The van der Waals surface area contributed by atoms with Crippen molar-refractivity contribution >= 4 is 15.9 Å². The van der Waals surface area contributed by atoms with E-state index in [0.717, 1.165) is 34.4 Å². The Kier molecular flexibility index (Phi) is 4.61. The van der Waals surface area contributed by atoms with E-state index in [2.05, 4.69) is 28.0 Å². The van der Waals surface area contributed by atoms with Crippen molar-refractivity contribution in [3.05, 3.63) is 46.2 Å². The zero-order chi connectivity index (χ0) is 13.8. The van der Waals surface area contributed by atoms with E-state index in [0.29, 0.717) is 0 Å². The van der Waals surface area contributed by atoms with E-state index < -0.39 is 0 Å². The van der Waals surface area contributed by atoms with E-state index >= 15 is 0 Å². The first kappa shape index (κ1) is 14.1. The van der Waals surface area contributed by atoms with Crippen molar-refractivity contribution in [2.45, 2.75) is 25.9 Å². The van der Waals surface area contributed by atoms with Crippen LogP contribution in [0.1, 0.15) is 30.6 Å². The third-order valence-corrected chi connectivity index (χ3v) is 3.66. The predicted octanol–water partition coefficient (Wildman–Crippen LogP) is 3.11. The zero-order valence-corrected chi connectivity index (χ0v) is 12.7. The Labute approximate surface area is 121 Å². The normalized spacial score (nSPS) is 12.4. The Morgan fingerprint density at radius 3 is 2.84 bits per heavy atom. The average Bonchev–Trinajstić information content (AvgIpc) is 2.86. The number of methoxy groups -OCH3 is 1. The Morgan fingerprint density at radius 1 is 1.42 bits per heavy atom. The summed E-state index contributed by atoms with van der Waals surface area (Å²) >= 11 is 3.49. The van der Waals surface area contributed by atoms with Crippen LogP contribution in [-0.2, 0) is 6.54 Å². The third-order valence-electron chi connectivity index (χ3n) is 3.04. The van der Waals surface area contributed by atoms with Crippen LogP contribution in [0.15, 0.2) is 34.9 Å². The molecule has 2 aromatic rings. The number of nitrogens with zero attached hydrogens (tertiary/aromatic N) is 2. The van der Waals surface area contributed by atoms with Crippen LogP contribution in [0.25, 0.3) is 0 Å². The average molecular weight is 324 g/mol. The van der Waals surface area contributed by atoms with Gasteiger partial charge in [0.2, 0.25) is 0 Å². The summed E-state index contributed by atoms with van der Waals surface area (Å²) in [5.74, 6) is 0.804. The van der Waals surface area contributed by atoms with Gasteiger partial charge < -0.3 is 10.5 Å². The number of aryl methyl sites for hydroxylation is 1. The molecule has 4 nitrogen and oxygen atoms in total. The number of nitrogens with two attached hydrogens (primary N) is 1. The molecule has 1 atom stereocenters. The molecule has 1 unspecified atom stereocenters. The van der Waals surface area contributed by atoms with Crippen molar-refractivity contribution in [1.29, 1.82) is 0 Å². The van der Waals surface area contributed by atoms with E-state index in [-0.39, 0.29) is 6.04 Å². The minimum absolute atomic E-state index is 0.184. The van der Waals surface area contributed by atoms with Gasteiger partial charge in [-0.1, -0.05) is 13.0 Å². The van der Waals surface area contributed by atoms with Gasteiger partial charge in [-0.3, -0.25) is 4.68 Å². The van der Waals surface area contributed by atoms with E-state index in [4.69, 9.17) is 10.5 Å². The number of hydrogen-bond donors (Lipinski definition) is 1. The maximum absolute atomic E-state index is 6.33. The Balaban J connectivity index is 2.30. The van der Waals surface area contributed by atoms with E-state index in [9.17, 15) is 0 Å². The number of hydrogen-bond acceptors (Lipinski definition) is 3. The summed E-state index contributed by atoms with van der Waals surface area (Å²) in [5, 5.41) is 4.31. The highest BCUT2D eigenvalue weighted by atomic mass is 79.9. The van der Waals surface area contributed by atoms with Crippen LogP contribution >= 0.6 is 15.9 Å². The monoisotopic (exact) mass is 323 g/mol. The lowest BCUT2D eigenvalue weighted by Gasteiger charge is -2.15. The summed E-state index contributed by atoms with van der Waals surface area (Å²) in [6.07, 6.45) is 2.83. The number of benzene rings is 1. The van der Waals surface area contributed by atoms with Gasteiger partial charge >= 0.3 is 0 Å². The van der Waals surface area contributed by atoms with Gasteiger partial charge in [-0.2, -0.15) is 5.10 Å². The third kappa shape index (κ3) is 2.98. The van der Waals surface area contributed by atoms with Crippen molar-refractivity contribution in [3.8, 4) is 5.75 Å². The summed E-state index contributed by atoms with van der Waals surface area (Å²) in [5.41, 5.74) is 8.39. The van der Waals surface area contributed by atoms with Gasteiger partial charge in [0, 0.05) is 12.7 Å². The fourth-order valence-electron chi connectivity index (χ4n) is 2.05. The molecule has 1 aromatic heterocycles. The standard InChI is InChI=1S/C14H18BrN3O/c1-3-8-18-12(6-7-17-18)14(16)10-4-5-13(19-2)11(15)9-10/h4-7,9,14H,3,8,16H2,1-2H3. The fourth-order valence-corrected chi connectivity index (χ4v) is 2.61. The summed E-state index contributed by atoms with van der Waals surface area (Å²) < 4.78 is 8.10. The van der Waals surface area contributed by atoms with Crippen LogP contribution in [-0.4, -0.2) is 16.9 Å². The lowest BCUT2D eigenvalue weighted by molar-refractivity contribution is 0.412. The van der Waals surface area contributed by atoms with Crippen LogP contribution in [0.5, 0.6) is 5.75 Å². The molecule has 0 aliphatic carbocycles. The number of aromatic nitrogens is 2. The smallest absolute Gasteiger partial charge is 0.133 e. The molecule has 0 spiro atoms. The van der Waals surface area contributed by atoms with Crippen molar-refractivity contribution in [2.75, 3.05) is 7.11 Å². The highest BCUT2D eigenvalue weighted by Crippen LogP contribution is 2.29. The highest BCUT2D eigenvalue weighted by Gasteiger charge is 2.15. The van der Waals surface area contributed by atoms with Crippen molar-refractivity contribution in [2.24, 2.45) is 5.73 Å². The molecular formula is C14H18BrN3O. The molecule has 2 N–H and O–H groups in total. The van der Waals surface area contributed by atoms with E-state index in [1.807, 2.05) is 28.9 Å². The first-order valence-electron chi connectivity index (χ1n) is 6.28. The van der Waals surface area contributed by atoms with Gasteiger partial charge in [0.15, 0.2) is 0 Å². The molecule has 0 saturated heterocycles. The Morgan fingerprint density at radius 2 is 2.21 bits per heavy atom. The molecule has 0 aliphatic heterocycles. The topological polar surface area (TPSA) is 53.1 Å². The molecular weight excluding hydrogens is 306 g/mol. The highest BCUT2D eigenvalue weighted by molar-refractivity contribution is 9.10. The van der Waals surface area contributed by atoms with Crippen LogP contribution in [0.2, 0.25) is 0 Å². The summed E-state index contributed by atoms with van der Waals surface area (Å²) in [4.78, 5) is 0. The van der Waals surface area contributed by atoms with Crippen molar-refractivity contribution in [1.82, 2.24) is 9.78 Å². The summed E-state index contributed by atoms with van der Waals surface area (Å²) in [6.45, 7) is 3.01. The molecule has 2 rings (SSSR count). The second kappa shape index (κ2) is 6.21. The number of ether oxygens (including phenoxy) is 1. The maximum Gasteiger partial charge on any atom is 0.133 e. The SMILES string of the molecule is CCCn1nccc1C(N)c1ccc(OC)c(Br)c1. The summed E-state index contributed by atoms with van der Waals surface area (Å²) in [6, 6.07) is 7.68. The fraction of sp³-hybridized carbons (Fsp3) is 0.357. The van der Waals surface area contributed by atoms with Gasteiger partial charge in [-0.25, -0.2) is 0 Å². The molecule has 0 bridgehead atoms. The van der Waals surface area contributed by atoms with Crippen molar-refractivity contribution in [3.63, 3.8) is 0 Å². The second-order valence-electron chi connectivity index (χ2n) is 4.35. The van der Waals surface area contributed by atoms with Crippen LogP contribution < -0.4 is 10.5 Å². The van der Waals surface area contributed by atoms with Crippen LogP contribution in [0.4, 0.5) is 0 Å². The minimum Gasteiger partial charge on any atom is -0.496 e. The zero-order valence-electron chi connectivity index (χ0n) is 11.1. The molecule has 0 fully saturated rings. The quantitative estimate of drug-likeness (QED) is 0.919. The van der Waals surface area contributed by atoms with Gasteiger partial charge in [-0.05, 0) is 46.1 Å². The maximum atomic E-state index is 6.33. The van der Waals surface area contributed by atoms with Gasteiger partial charge in [0.1, 0.15) is 5.75 Å². The molecule has 0 radical (unpaired) electrons. The molecule has 1 aromatic carbocycles. The van der Waals surface area contributed by atoms with E-state index in [1.165, 1.54) is 0 Å². The van der Waals surface area contributed by atoms with Gasteiger partial charge in [0.05, 0.1) is 23.3 Å². The minimum atomic E-state index is -0.184. The largest absolute Gasteiger partial charge is 0.496 e. The van der Waals surface area contributed by atoms with Crippen LogP contribution in [0.3, 0.4) is 0 Å². The van der Waals surface area contributed by atoms with E-state index in [1.54, 1.807) is 13.3 Å². The Hall–Kier alpha value is -1.33. The second-order valence-corrected chi connectivity index (χ2v) is 5.21. The molecule has 0 amide bonds. The Bertz CT molecular complexity index is 553. The van der Waals surface area contributed by atoms with Crippen LogP contribution in [0, 0.1) is 0 Å². The van der Waals surface area contributed by atoms with Gasteiger partial charge in [0.25, 0.3) is 0 Å². The van der Waals surface area contributed by atoms with Crippen molar-refractivity contribution < 1.29 is 4.74 Å². The number of halogens is 1. The molecule has 0 saturated carbocycles. The molecule has 0 aliphatic rings. The first-order chi connectivity index (χ1) is 9.17. The number of rotatable bonds is 5. The predicted molar refractivity (Wildman–Crippen MR) is 79.2 cm³/mol. The molecule has 1 heterocycles. The lowest BCUT2D eigenvalue weighted by atomic mass is 10.0. The first-order valence-corrected chi connectivity index (χ1v) is 7.07. The molecule has 19 heavy (non-hydrogen) atoms. The lowest BCUT2D eigenvalue weighted by Crippen LogP contribution is -2.17. The molecule has 5 heteroatoms.